The Balaban J connectivity index is 2.58. The first-order chi connectivity index (χ1) is 6.54. The van der Waals surface area contributed by atoms with Crippen molar-refractivity contribution < 1.29 is 4.79 Å². The van der Waals surface area contributed by atoms with E-state index in [1.165, 1.54) is 9.80 Å². The molecule has 1 aromatic rings. The molecule has 0 spiro atoms. The lowest BCUT2D eigenvalue weighted by Crippen LogP contribution is -2.49. The number of imidazole rings is 1. The SMILES string of the molecule is CN1C(=O)N(C)C(N)c2c1ncn2C. The molecule has 2 N–H and O–H groups in total. The lowest BCUT2D eigenvalue weighted by Gasteiger charge is -2.34. The number of amides is 2. The normalized spacial score (nSPS) is 21.4. The third-order valence-electron chi connectivity index (χ3n) is 2.57. The standard InChI is InChI=1S/C8H13N5O/c1-11-4-10-7-5(11)6(9)12(2)8(14)13(7)3/h4,6H,9H2,1-3H3. The van der Waals surface area contributed by atoms with Crippen molar-refractivity contribution in [3.05, 3.63) is 12.0 Å². The van der Waals surface area contributed by atoms with Gasteiger partial charge in [-0.3, -0.25) is 4.90 Å². The summed E-state index contributed by atoms with van der Waals surface area (Å²) in [5.74, 6) is 0.642. The molecule has 0 radical (unpaired) electrons. The third kappa shape index (κ3) is 0.941. The van der Waals surface area contributed by atoms with E-state index in [1.807, 2.05) is 11.6 Å². The number of urea groups is 1. The molecule has 0 fully saturated rings. The number of anilines is 1. The molecule has 6 nitrogen and oxygen atoms in total. The third-order valence-corrected chi connectivity index (χ3v) is 2.57. The molecule has 2 amide bonds. The maximum Gasteiger partial charge on any atom is 0.326 e. The first-order valence-corrected chi connectivity index (χ1v) is 4.31. The fourth-order valence-corrected chi connectivity index (χ4v) is 1.66. The van der Waals surface area contributed by atoms with Crippen LogP contribution >= 0.6 is 0 Å². The summed E-state index contributed by atoms with van der Waals surface area (Å²) in [6.45, 7) is 0. The highest BCUT2D eigenvalue weighted by atomic mass is 16.2. The molecular formula is C8H13N5O. The van der Waals surface area contributed by atoms with Gasteiger partial charge in [0.1, 0.15) is 6.17 Å². The van der Waals surface area contributed by atoms with Gasteiger partial charge in [-0.1, -0.05) is 0 Å². The van der Waals surface area contributed by atoms with E-state index in [4.69, 9.17) is 5.73 Å². The summed E-state index contributed by atoms with van der Waals surface area (Å²) in [5, 5.41) is 0. The second-order valence-corrected chi connectivity index (χ2v) is 3.46. The maximum absolute atomic E-state index is 11.6. The predicted molar refractivity (Wildman–Crippen MR) is 51.7 cm³/mol. The molecule has 0 aliphatic carbocycles. The van der Waals surface area contributed by atoms with Crippen LogP contribution in [0, 0.1) is 0 Å². The van der Waals surface area contributed by atoms with Gasteiger partial charge >= 0.3 is 6.03 Å². The number of carbonyl (C=O) groups excluding carboxylic acids is 1. The number of aromatic nitrogens is 2. The lowest BCUT2D eigenvalue weighted by atomic mass is 10.2. The molecule has 1 atom stereocenters. The molecule has 0 aromatic carbocycles. The Morgan fingerprint density at radius 2 is 2.07 bits per heavy atom. The van der Waals surface area contributed by atoms with Gasteiger partial charge in [0.25, 0.3) is 0 Å². The van der Waals surface area contributed by atoms with Crippen LogP contribution in [0.4, 0.5) is 10.6 Å². The topological polar surface area (TPSA) is 67.4 Å². The van der Waals surface area contributed by atoms with Crippen molar-refractivity contribution in [3.63, 3.8) is 0 Å². The van der Waals surface area contributed by atoms with Crippen LogP contribution in [0.3, 0.4) is 0 Å². The van der Waals surface area contributed by atoms with E-state index < -0.39 is 6.17 Å². The van der Waals surface area contributed by atoms with Crippen molar-refractivity contribution in [1.29, 1.82) is 0 Å². The van der Waals surface area contributed by atoms with E-state index in [0.29, 0.717) is 5.82 Å². The molecule has 2 heterocycles. The van der Waals surface area contributed by atoms with E-state index in [0.717, 1.165) is 5.69 Å². The molecule has 0 bridgehead atoms. The van der Waals surface area contributed by atoms with Gasteiger partial charge in [0.15, 0.2) is 5.82 Å². The quantitative estimate of drug-likeness (QED) is 0.627. The molecule has 2 rings (SSSR count). The van der Waals surface area contributed by atoms with Gasteiger partial charge in [-0.2, -0.15) is 0 Å². The number of nitrogens with zero attached hydrogens (tertiary/aromatic N) is 4. The van der Waals surface area contributed by atoms with Crippen LogP contribution in [0.2, 0.25) is 0 Å². The summed E-state index contributed by atoms with van der Waals surface area (Å²) in [4.78, 5) is 18.8. The smallest absolute Gasteiger partial charge is 0.326 e. The minimum absolute atomic E-state index is 0.135. The summed E-state index contributed by atoms with van der Waals surface area (Å²) in [7, 11) is 5.24. The first-order valence-electron chi connectivity index (χ1n) is 4.31. The van der Waals surface area contributed by atoms with Crippen molar-refractivity contribution in [2.24, 2.45) is 12.8 Å². The van der Waals surface area contributed by atoms with Crippen molar-refractivity contribution in [2.75, 3.05) is 19.0 Å². The summed E-state index contributed by atoms with van der Waals surface area (Å²) >= 11 is 0. The number of hydrogen-bond acceptors (Lipinski definition) is 3. The van der Waals surface area contributed by atoms with Crippen LogP contribution in [0.5, 0.6) is 0 Å². The van der Waals surface area contributed by atoms with Crippen LogP contribution in [-0.4, -0.2) is 34.6 Å². The first kappa shape index (κ1) is 9.01. The number of carbonyl (C=O) groups is 1. The second-order valence-electron chi connectivity index (χ2n) is 3.46. The fourth-order valence-electron chi connectivity index (χ4n) is 1.66. The Morgan fingerprint density at radius 1 is 1.43 bits per heavy atom. The zero-order chi connectivity index (χ0) is 10.5. The van der Waals surface area contributed by atoms with Crippen LogP contribution in [-0.2, 0) is 7.05 Å². The number of nitrogens with two attached hydrogens (primary N) is 1. The Kier molecular flexibility index (Phi) is 1.75. The van der Waals surface area contributed by atoms with Crippen LogP contribution in [0.1, 0.15) is 11.9 Å². The highest BCUT2D eigenvalue weighted by Crippen LogP contribution is 2.29. The van der Waals surface area contributed by atoms with Gasteiger partial charge in [-0.25, -0.2) is 9.78 Å². The lowest BCUT2D eigenvalue weighted by molar-refractivity contribution is 0.193. The number of fused-ring (bicyclic) bond motifs is 1. The summed E-state index contributed by atoms with van der Waals surface area (Å²) < 4.78 is 1.83. The van der Waals surface area contributed by atoms with E-state index in [9.17, 15) is 4.79 Å². The highest BCUT2D eigenvalue weighted by molar-refractivity contribution is 5.93. The summed E-state index contributed by atoms with van der Waals surface area (Å²) in [6.07, 6.45) is 1.24. The van der Waals surface area contributed by atoms with Crippen molar-refractivity contribution in [2.45, 2.75) is 6.17 Å². The average molecular weight is 195 g/mol. The molecule has 0 saturated heterocycles. The Bertz CT molecular complexity index is 385. The van der Waals surface area contributed by atoms with E-state index in [-0.39, 0.29) is 6.03 Å². The van der Waals surface area contributed by atoms with Crippen molar-refractivity contribution in [3.8, 4) is 0 Å². The van der Waals surface area contributed by atoms with Gasteiger partial charge < -0.3 is 15.2 Å². The largest absolute Gasteiger partial charge is 0.333 e. The molecule has 1 aliphatic heterocycles. The van der Waals surface area contributed by atoms with Gasteiger partial charge in [0.2, 0.25) is 0 Å². The minimum Gasteiger partial charge on any atom is -0.333 e. The summed E-state index contributed by atoms with van der Waals surface area (Å²) in [5.41, 5.74) is 6.76. The highest BCUT2D eigenvalue weighted by Gasteiger charge is 2.34. The van der Waals surface area contributed by atoms with Crippen LogP contribution < -0.4 is 10.6 Å². The zero-order valence-electron chi connectivity index (χ0n) is 8.43. The molecule has 0 saturated carbocycles. The molecule has 1 unspecified atom stereocenters. The van der Waals surface area contributed by atoms with Crippen molar-refractivity contribution >= 4 is 11.8 Å². The van der Waals surface area contributed by atoms with Crippen molar-refractivity contribution in [1.82, 2.24) is 14.5 Å². The van der Waals surface area contributed by atoms with Gasteiger partial charge in [-0.05, 0) is 0 Å². The Labute approximate surface area is 81.9 Å². The van der Waals surface area contributed by atoms with Crippen LogP contribution in [0.25, 0.3) is 0 Å². The second kappa shape index (κ2) is 2.71. The average Bonchev–Trinajstić information content (AvgIpc) is 2.54. The number of aryl methyl sites for hydroxylation is 1. The minimum atomic E-state index is -0.416. The predicted octanol–water partition coefficient (Wildman–Crippen LogP) is -0.121. The van der Waals surface area contributed by atoms with E-state index >= 15 is 0 Å². The van der Waals surface area contributed by atoms with Gasteiger partial charge in [0.05, 0.1) is 12.0 Å². The van der Waals surface area contributed by atoms with Crippen LogP contribution in [0.15, 0.2) is 6.33 Å². The molecule has 1 aliphatic rings. The fraction of sp³-hybridized carbons (Fsp3) is 0.500. The Hall–Kier alpha value is -1.56. The maximum atomic E-state index is 11.6. The molecule has 1 aromatic heterocycles. The van der Waals surface area contributed by atoms with Gasteiger partial charge in [0, 0.05) is 21.1 Å². The Morgan fingerprint density at radius 3 is 2.71 bits per heavy atom. The van der Waals surface area contributed by atoms with E-state index in [2.05, 4.69) is 4.98 Å². The molecular weight excluding hydrogens is 182 g/mol. The molecule has 76 valence electrons. The van der Waals surface area contributed by atoms with E-state index in [1.54, 1.807) is 20.4 Å². The van der Waals surface area contributed by atoms with Gasteiger partial charge in [-0.15, -0.1) is 0 Å². The number of hydrogen-bond donors (Lipinski definition) is 1. The number of rotatable bonds is 0. The molecule has 6 heteroatoms. The zero-order valence-corrected chi connectivity index (χ0v) is 8.43. The summed E-state index contributed by atoms with van der Waals surface area (Å²) in [6, 6.07) is -0.135. The monoisotopic (exact) mass is 195 g/mol. The molecule has 14 heavy (non-hydrogen) atoms.